The van der Waals surface area contributed by atoms with Crippen LogP contribution in [0.5, 0.6) is 0 Å². The SMILES string of the molecule is CCc1ccc(N)cc1S(=O)(=O)NCCCOCCO. The highest BCUT2D eigenvalue weighted by Gasteiger charge is 2.17. The van der Waals surface area contributed by atoms with Crippen LogP contribution in [0, 0.1) is 0 Å². The molecular formula is C13H22N2O4S. The van der Waals surface area contributed by atoms with E-state index in [0.29, 0.717) is 25.1 Å². The molecule has 114 valence electrons. The summed E-state index contributed by atoms with van der Waals surface area (Å²) in [6.45, 7) is 2.82. The van der Waals surface area contributed by atoms with Crippen LogP contribution in [0.4, 0.5) is 5.69 Å². The average molecular weight is 302 g/mol. The minimum absolute atomic E-state index is 0.0329. The summed E-state index contributed by atoms with van der Waals surface area (Å²) in [6.07, 6.45) is 1.17. The number of aryl methyl sites for hydroxylation is 1. The van der Waals surface area contributed by atoms with E-state index in [-0.39, 0.29) is 24.7 Å². The molecule has 1 aromatic rings. The smallest absolute Gasteiger partial charge is 0.240 e. The summed E-state index contributed by atoms with van der Waals surface area (Å²) in [5, 5.41) is 8.54. The van der Waals surface area contributed by atoms with Crippen molar-refractivity contribution in [2.45, 2.75) is 24.7 Å². The molecule has 0 saturated heterocycles. The summed E-state index contributed by atoms with van der Waals surface area (Å²) in [7, 11) is -3.55. The van der Waals surface area contributed by atoms with Gasteiger partial charge in [-0.25, -0.2) is 13.1 Å². The van der Waals surface area contributed by atoms with Gasteiger partial charge in [-0.15, -0.1) is 0 Å². The molecule has 20 heavy (non-hydrogen) atoms. The van der Waals surface area contributed by atoms with Gasteiger partial charge in [-0.3, -0.25) is 0 Å². The Balaban J connectivity index is 2.62. The van der Waals surface area contributed by atoms with Crippen LogP contribution >= 0.6 is 0 Å². The predicted octanol–water partition coefficient (Wildman–Crippen LogP) is 0.508. The number of nitrogens with two attached hydrogens (primary N) is 1. The van der Waals surface area contributed by atoms with Gasteiger partial charge < -0.3 is 15.6 Å². The normalized spacial score (nSPS) is 11.7. The molecule has 0 spiro atoms. The summed E-state index contributed by atoms with van der Waals surface area (Å²) in [5.74, 6) is 0. The third-order valence-corrected chi connectivity index (χ3v) is 4.30. The summed E-state index contributed by atoms with van der Waals surface area (Å²) < 4.78 is 32.0. The first kappa shape index (κ1) is 16.9. The lowest BCUT2D eigenvalue weighted by atomic mass is 10.1. The zero-order valence-electron chi connectivity index (χ0n) is 11.6. The predicted molar refractivity (Wildman–Crippen MR) is 77.9 cm³/mol. The van der Waals surface area contributed by atoms with Crippen LogP contribution in [0.1, 0.15) is 18.9 Å². The lowest BCUT2D eigenvalue weighted by Crippen LogP contribution is -2.26. The first-order chi connectivity index (χ1) is 9.51. The van der Waals surface area contributed by atoms with Crippen LogP contribution in [0.25, 0.3) is 0 Å². The highest BCUT2D eigenvalue weighted by Crippen LogP contribution is 2.19. The van der Waals surface area contributed by atoms with E-state index in [4.69, 9.17) is 15.6 Å². The number of rotatable bonds is 9. The van der Waals surface area contributed by atoms with Gasteiger partial charge >= 0.3 is 0 Å². The lowest BCUT2D eigenvalue weighted by molar-refractivity contribution is 0.0913. The van der Waals surface area contributed by atoms with Gasteiger partial charge in [0.15, 0.2) is 0 Å². The minimum atomic E-state index is -3.55. The van der Waals surface area contributed by atoms with Crippen LogP contribution in [-0.4, -0.2) is 39.9 Å². The fourth-order valence-corrected chi connectivity index (χ4v) is 3.16. The Kier molecular flexibility index (Phi) is 6.94. The van der Waals surface area contributed by atoms with Crippen LogP contribution in [0.2, 0.25) is 0 Å². The van der Waals surface area contributed by atoms with Gasteiger partial charge in [0.1, 0.15) is 0 Å². The van der Waals surface area contributed by atoms with E-state index < -0.39 is 10.0 Å². The van der Waals surface area contributed by atoms with Crippen molar-refractivity contribution in [3.63, 3.8) is 0 Å². The third kappa shape index (κ3) is 5.09. The average Bonchev–Trinajstić information content (AvgIpc) is 2.42. The monoisotopic (exact) mass is 302 g/mol. The number of nitrogens with one attached hydrogen (secondary N) is 1. The van der Waals surface area contributed by atoms with E-state index in [1.807, 2.05) is 6.92 Å². The van der Waals surface area contributed by atoms with Crippen molar-refractivity contribution in [2.24, 2.45) is 0 Å². The van der Waals surface area contributed by atoms with E-state index >= 15 is 0 Å². The molecule has 1 aromatic carbocycles. The largest absolute Gasteiger partial charge is 0.399 e. The minimum Gasteiger partial charge on any atom is -0.399 e. The van der Waals surface area contributed by atoms with E-state index in [1.54, 1.807) is 12.1 Å². The van der Waals surface area contributed by atoms with E-state index in [2.05, 4.69) is 4.72 Å². The first-order valence-electron chi connectivity index (χ1n) is 6.58. The summed E-state index contributed by atoms with van der Waals surface area (Å²) in [6, 6.07) is 4.90. The second-order valence-electron chi connectivity index (χ2n) is 4.31. The zero-order valence-corrected chi connectivity index (χ0v) is 12.4. The maximum atomic E-state index is 12.2. The highest BCUT2D eigenvalue weighted by molar-refractivity contribution is 7.89. The molecule has 0 atom stereocenters. The molecule has 0 aliphatic heterocycles. The van der Waals surface area contributed by atoms with Crippen LogP contribution in [0.15, 0.2) is 23.1 Å². The standard InChI is InChI=1S/C13H22N2O4S/c1-2-11-4-5-12(14)10-13(11)20(17,18)15-6-3-8-19-9-7-16/h4-5,10,15-16H,2-3,6-9,14H2,1H3. The third-order valence-electron chi connectivity index (χ3n) is 2.75. The molecule has 6 nitrogen and oxygen atoms in total. The van der Waals surface area contributed by atoms with Crippen molar-refractivity contribution >= 4 is 15.7 Å². The molecule has 0 amide bonds. The van der Waals surface area contributed by atoms with Crippen molar-refractivity contribution in [3.05, 3.63) is 23.8 Å². The Morgan fingerprint density at radius 3 is 2.75 bits per heavy atom. The number of aliphatic hydroxyl groups excluding tert-OH is 1. The Hall–Kier alpha value is -1.15. The fourth-order valence-electron chi connectivity index (χ4n) is 1.74. The molecular weight excluding hydrogens is 280 g/mol. The molecule has 0 aliphatic carbocycles. The summed E-state index contributed by atoms with van der Waals surface area (Å²) >= 11 is 0. The van der Waals surface area contributed by atoms with Crippen LogP contribution in [-0.2, 0) is 21.2 Å². The van der Waals surface area contributed by atoms with Crippen molar-refractivity contribution in [1.29, 1.82) is 0 Å². The van der Waals surface area contributed by atoms with E-state index in [1.165, 1.54) is 6.07 Å². The molecule has 0 radical (unpaired) electrons. The maximum Gasteiger partial charge on any atom is 0.240 e. The van der Waals surface area contributed by atoms with Crippen LogP contribution < -0.4 is 10.5 Å². The topological polar surface area (TPSA) is 102 Å². The van der Waals surface area contributed by atoms with Crippen molar-refractivity contribution < 1.29 is 18.3 Å². The molecule has 0 heterocycles. The van der Waals surface area contributed by atoms with Crippen LogP contribution in [0.3, 0.4) is 0 Å². The zero-order chi connectivity index (χ0) is 15.0. The van der Waals surface area contributed by atoms with Gasteiger partial charge in [0.25, 0.3) is 0 Å². The number of aliphatic hydroxyl groups is 1. The number of ether oxygens (including phenoxy) is 1. The first-order valence-corrected chi connectivity index (χ1v) is 8.06. The van der Waals surface area contributed by atoms with Gasteiger partial charge in [0.05, 0.1) is 18.1 Å². The molecule has 1 rings (SSSR count). The quantitative estimate of drug-likeness (QED) is 0.456. The van der Waals surface area contributed by atoms with Gasteiger partial charge in [-0.05, 0) is 30.5 Å². The molecule has 0 saturated carbocycles. The number of anilines is 1. The number of benzene rings is 1. The number of sulfonamides is 1. The van der Waals surface area contributed by atoms with Gasteiger partial charge in [0.2, 0.25) is 10.0 Å². The number of nitrogen functional groups attached to an aromatic ring is 1. The van der Waals surface area contributed by atoms with Gasteiger partial charge in [0, 0.05) is 18.8 Å². The van der Waals surface area contributed by atoms with E-state index in [0.717, 1.165) is 5.56 Å². The van der Waals surface area contributed by atoms with Crippen molar-refractivity contribution in [3.8, 4) is 0 Å². The molecule has 4 N–H and O–H groups in total. The Labute approximate surface area is 120 Å². The number of hydrogen-bond donors (Lipinski definition) is 3. The Morgan fingerprint density at radius 1 is 1.35 bits per heavy atom. The molecule has 0 aliphatic rings. The molecule has 0 bridgehead atoms. The molecule has 0 aromatic heterocycles. The second-order valence-corrected chi connectivity index (χ2v) is 6.04. The lowest BCUT2D eigenvalue weighted by Gasteiger charge is -2.11. The molecule has 0 fully saturated rings. The molecule has 7 heteroatoms. The summed E-state index contributed by atoms with van der Waals surface area (Å²) in [5.41, 5.74) is 6.82. The van der Waals surface area contributed by atoms with Crippen molar-refractivity contribution in [1.82, 2.24) is 4.72 Å². The van der Waals surface area contributed by atoms with E-state index in [9.17, 15) is 8.42 Å². The fraction of sp³-hybridized carbons (Fsp3) is 0.538. The maximum absolute atomic E-state index is 12.2. The summed E-state index contributed by atoms with van der Waals surface area (Å²) in [4.78, 5) is 0.233. The van der Waals surface area contributed by atoms with Crippen molar-refractivity contribution in [2.75, 3.05) is 32.1 Å². The second kappa shape index (κ2) is 8.21. The number of hydrogen-bond acceptors (Lipinski definition) is 5. The Morgan fingerprint density at radius 2 is 2.10 bits per heavy atom. The van der Waals surface area contributed by atoms with Gasteiger partial charge in [-0.1, -0.05) is 13.0 Å². The molecule has 0 unspecified atom stereocenters. The Bertz CT molecular complexity index is 517. The van der Waals surface area contributed by atoms with Gasteiger partial charge in [-0.2, -0.15) is 0 Å². The highest BCUT2D eigenvalue weighted by atomic mass is 32.2.